The summed E-state index contributed by atoms with van der Waals surface area (Å²) in [6, 6.07) is 8.48. The normalized spacial score (nSPS) is 20.3. The van der Waals surface area contributed by atoms with E-state index in [1.807, 2.05) is 35.8 Å². The molecule has 2 aliphatic rings. The fraction of sp³-hybridized carbons (Fsp3) is 0.429. The van der Waals surface area contributed by atoms with Crippen molar-refractivity contribution in [1.29, 1.82) is 0 Å². The minimum atomic E-state index is -0.643. The maximum absolute atomic E-state index is 10.0. The lowest BCUT2D eigenvalue weighted by Crippen LogP contribution is -2.60. The first kappa shape index (κ1) is 17.3. The van der Waals surface area contributed by atoms with Gasteiger partial charge in [0, 0.05) is 43.2 Å². The van der Waals surface area contributed by atoms with Gasteiger partial charge in [0.05, 0.1) is 17.3 Å². The summed E-state index contributed by atoms with van der Waals surface area (Å²) in [5.74, 6) is 1.54. The van der Waals surface area contributed by atoms with Crippen molar-refractivity contribution in [3.05, 3.63) is 42.4 Å². The van der Waals surface area contributed by atoms with E-state index in [1.165, 1.54) is 12.0 Å². The van der Waals surface area contributed by atoms with Crippen molar-refractivity contribution in [2.45, 2.75) is 37.2 Å². The molecule has 3 heterocycles. The second-order valence-electron chi connectivity index (χ2n) is 8.31. The highest BCUT2D eigenvalue weighted by Crippen LogP contribution is 2.43. The van der Waals surface area contributed by atoms with Crippen LogP contribution in [0.5, 0.6) is 0 Å². The summed E-state index contributed by atoms with van der Waals surface area (Å²) in [4.78, 5) is 15.2. The minimum Gasteiger partial charge on any atom is -0.386 e. The van der Waals surface area contributed by atoms with Gasteiger partial charge in [0.1, 0.15) is 12.1 Å². The molecule has 0 amide bonds. The van der Waals surface area contributed by atoms with E-state index in [9.17, 15) is 5.11 Å². The van der Waals surface area contributed by atoms with Crippen molar-refractivity contribution >= 4 is 22.9 Å². The van der Waals surface area contributed by atoms with Crippen LogP contribution in [-0.4, -0.2) is 56.8 Å². The third-order valence-corrected chi connectivity index (χ3v) is 6.01. The van der Waals surface area contributed by atoms with E-state index in [0.29, 0.717) is 13.1 Å². The standard InChI is InChI=1S/C21H24N6O/c1-20(28)12-26(13-20)18-9-19(24-14-23-18)27-17-8-16(5-4-15(17)10-25-27)21(11-22-2)6-3-7-21/h4-5,8-11,14,28H,3,6-7,12-13H2,1-2H3. The number of rotatable bonds is 4. The van der Waals surface area contributed by atoms with Crippen LogP contribution in [0.25, 0.3) is 16.7 Å². The molecular formula is C21H24N6O. The number of nitrogens with zero attached hydrogens (tertiary/aromatic N) is 6. The van der Waals surface area contributed by atoms with Crippen LogP contribution in [0.3, 0.4) is 0 Å². The summed E-state index contributed by atoms with van der Waals surface area (Å²) in [5, 5.41) is 15.7. The first-order valence-electron chi connectivity index (χ1n) is 9.71. The van der Waals surface area contributed by atoms with Crippen LogP contribution >= 0.6 is 0 Å². The fourth-order valence-electron chi connectivity index (χ4n) is 4.37. The number of hydrogen-bond acceptors (Lipinski definition) is 6. The second kappa shape index (κ2) is 6.10. The van der Waals surface area contributed by atoms with Crippen LogP contribution < -0.4 is 4.90 Å². The lowest BCUT2D eigenvalue weighted by molar-refractivity contribution is 0.0305. The Morgan fingerprint density at radius 3 is 2.61 bits per heavy atom. The van der Waals surface area contributed by atoms with E-state index in [2.05, 4.69) is 44.5 Å². The van der Waals surface area contributed by atoms with Crippen LogP contribution in [0.4, 0.5) is 5.82 Å². The molecule has 0 radical (unpaired) electrons. The Kier molecular flexibility index (Phi) is 3.77. The number of aliphatic hydroxyl groups is 1. The fourth-order valence-corrected chi connectivity index (χ4v) is 4.37. The van der Waals surface area contributed by atoms with Gasteiger partial charge in [-0.15, -0.1) is 0 Å². The Labute approximate surface area is 163 Å². The zero-order valence-corrected chi connectivity index (χ0v) is 16.2. The molecule has 1 saturated carbocycles. The minimum absolute atomic E-state index is 0.0537. The summed E-state index contributed by atoms with van der Waals surface area (Å²) >= 11 is 0. The molecule has 1 aromatic carbocycles. The van der Waals surface area contributed by atoms with E-state index in [1.54, 1.807) is 6.33 Å². The van der Waals surface area contributed by atoms with E-state index in [0.717, 1.165) is 35.4 Å². The Hall–Kier alpha value is -2.80. The van der Waals surface area contributed by atoms with E-state index >= 15 is 0 Å². The molecule has 3 aromatic rings. The highest BCUT2D eigenvalue weighted by molar-refractivity contribution is 5.84. The van der Waals surface area contributed by atoms with Crippen molar-refractivity contribution < 1.29 is 5.11 Å². The Morgan fingerprint density at radius 1 is 1.14 bits per heavy atom. The van der Waals surface area contributed by atoms with Gasteiger partial charge in [0.15, 0.2) is 5.82 Å². The molecule has 7 nitrogen and oxygen atoms in total. The molecule has 1 saturated heterocycles. The van der Waals surface area contributed by atoms with Gasteiger partial charge < -0.3 is 10.0 Å². The first-order chi connectivity index (χ1) is 13.5. The maximum Gasteiger partial charge on any atom is 0.159 e. The smallest absolute Gasteiger partial charge is 0.159 e. The van der Waals surface area contributed by atoms with Crippen LogP contribution in [0, 0.1) is 0 Å². The number of fused-ring (bicyclic) bond motifs is 1. The predicted molar refractivity (Wildman–Crippen MR) is 109 cm³/mol. The van der Waals surface area contributed by atoms with Crippen molar-refractivity contribution in [3.63, 3.8) is 0 Å². The van der Waals surface area contributed by atoms with Crippen molar-refractivity contribution in [3.8, 4) is 5.82 Å². The van der Waals surface area contributed by atoms with Crippen LogP contribution in [0.2, 0.25) is 0 Å². The Balaban J connectivity index is 1.54. The van der Waals surface area contributed by atoms with Crippen LogP contribution in [0.1, 0.15) is 31.7 Å². The lowest BCUT2D eigenvalue weighted by Gasteiger charge is -2.44. The SMILES string of the molecule is CN=CC1(c2ccc3cnn(-c4cc(N5CC(C)(O)C5)ncn4)c3c2)CCC1. The average Bonchev–Trinajstić information content (AvgIpc) is 3.06. The molecular weight excluding hydrogens is 352 g/mol. The monoisotopic (exact) mass is 376 g/mol. The molecule has 0 unspecified atom stereocenters. The number of aliphatic imine (C=N–C) groups is 1. The maximum atomic E-state index is 10.0. The van der Waals surface area contributed by atoms with Crippen LogP contribution in [0.15, 0.2) is 41.8 Å². The number of β-amino-alcohol motifs (C(OH)–C–C–N with tert-alkyl or cyclic N) is 1. The van der Waals surface area contributed by atoms with Gasteiger partial charge in [-0.1, -0.05) is 18.6 Å². The summed E-state index contributed by atoms with van der Waals surface area (Å²) < 4.78 is 1.87. The van der Waals surface area contributed by atoms with E-state index < -0.39 is 5.60 Å². The van der Waals surface area contributed by atoms with Crippen molar-refractivity contribution in [2.24, 2.45) is 4.99 Å². The molecule has 0 atom stereocenters. The molecule has 5 rings (SSSR count). The number of hydrogen-bond donors (Lipinski definition) is 1. The molecule has 1 aliphatic carbocycles. The summed E-state index contributed by atoms with van der Waals surface area (Å²) in [5.41, 5.74) is 1.73. The topological polar surface area (TPSA) is 79.4 Å². The van der Waals surface area contributed by atoms with Gasteiger partial charge in [0.2, 0.25) is 0 Å². The molecule has 144 valence electrons. The molecule has 28 heavy (non-hydrogen) atoms. The number of anilines is 1. The molecule has 7 heteroatoms. The average molecular weight is 376 g/mol. The van der Waals surface area contributed by atoms with Gasteiger partial charge >= 0.3 is 0 Å². The van der Waals surface area contributed by atoms with Gasteiger partial charge in [-0.25, -0.2) is 14.6 Å². The molecule has 2 fully saturated rings. The lowest BCUT2D eigenvalue weighted by atomic mass is 9.65. The van der Waals surface area contributed by atoms with Crippen molar-refractivity contribution in [1.82, 2.24) is 19.7 Å². The second-order valence-corrected chi connectivity index (χ2v) is 8.31. The zero-order valence-electron chi connectivity index (χ0n) is 16.2. The van der Waals surface area contributed by atoms with Gasteiger partial charge in [-0.05, 0) is 31.4 Å². The van der Waals surface area contributed by atoms with Crippen LogP contribution in [-0.2, 0) is 5.41 Å². The number of aromatic nitrogens is 4. The third kappa shape index (κ3) is 2.69. The zero-order chi connectivity index (χ0) is 19.4. The van der Waals surface area contributed by atoms with E-state index in [-0.39, 0.29) is 5.41 Å². The highest BCUT2D eigenvalue weighted by Gasteiger charge is 2.38. The molecule has 2 aromatic heterocycles. The summed E-state index contributed by atoms with van der Waals surface area (Å²) in [7, 11) is 1.85. The first-order valence-corrected chi connectivity index (χ1v) is 9.71. The van der Waals surface area contributed by atoms with Gasteiger partial charge in [0.25, 0.3) is 0 Å². The summed E-state index contributed by atoms with van der Waals surface area (Å²) in [6.45, 7) is 2.99. The van der Waals surface area contributed by atoms with Crippen molar-refractivity contribution in [2.75, 3.05) is 25.0 Å². The Morgan fingerprint density at radius 2 is 1.93 bits per heavy atom. The highest BCUT2D eigenvalue weighted by atomic mass is 16.3. The van der Waals surface area contributed by atoms with Gasteiger partial charge in [-0.3, -0.25) is 4.99 Å². The molecule has 0 spiro atoms. The van der Waals surface area contributed by atoms with E-state index in [4.69, 9.17) is 0 Å². The molecule has 1 aliphatic heterocycles. The third-order valence-electron chi connectivity index (χ3n) is 6.01. The van der Waals surface area contributed by atoms with Gasteiger partial charge in [-0.2, -0.15) is 5.10 Å². The molecule has 1 N–H and O–H groups in total. The Bertz CT molecular complexity index is 1060. The molecule has 0 bridgehead atoms. The quantitative estimate of drug-likeness (QED) is 0.708. The summed E-state index contributed by atoms with van der Waals surface area (Å²) in [6.07, 6.45) is 9.03. The largest absolute Gasteiger partial charge is 0.386 e. The number of benzene rings is 1. The predicted octanol–water partition coefficient (Wildman–Crippen LogP) is 2.51.